The van der Waals surface area contributed by atoms with Gasteiger partial charge >= 0.3 is 0 Å². The Kier molecular flexibility index (Phi) is 7.01. The third-order valence-corrected chi connectivity index (χ3v) is 3.25. The number of nitrogens with one attached hydrogen (secondary N) is 1. The maximum absolute atomic E-state index is 12.0. The van der Waals surface area contributed by atoms with Gasteiger partial charge in [0.2, 0.25) is 0 Å². The highest BCUT2D eigenvalue weighted by Gasteiger charge is 2.17. The summed E-state index contributed by atoms with van der Waals surface area (Å²) in [6.45, 7) is 3.82. The van der Waals surface area contributed by atoms with Crippen molar-refractivity contribution in [3.05, 3.63) is 23.7 Å². The molecular formula is C13H19F2NO3S. The Morgan fingerprint density at radius 2 is 2.15 bits per heavy atom. The van der Waals surface area contributed by atoms with Crippen LogP contribution in [0.4, 0.5) is 8.78 Å². The van der Waals surface area contributed by atoms with Crippen LogP contribution in [0.1, 0.15) is 36.6 Å². The van der Waals surface area contributed by atoms with Gasteiger partial charge in [-0.3, -0.25) is 4.79 Å². The fraction of sp³-hybridized carbons (Fsp3) is 0.615. The third-order valence-electron chi connectivity index (χ3n) is 2.55. The van der Waals surface area contributed by atoms with Crippen LogP contribution in [0.25, 0.3) is 0 Å². The van der Waals surface area contributed by atoms with Crippen molar-refractivity contribution in [3.8, 4) is 0 Å². The van der Waals surface area contributed by atoms with Gasteiger partial charge in [-0.25, -0.2) is 0 Å². The quantitative estimate of drug-likeness (QED) is 0.775. The highest BCUT2D eigenvalue weighted by molar-refractivity contribution is 7.98. The van der Waals surface area contributed by atoms with Crippen molar-refractivity contribution in [3.63, 3.8) is 0 Å². The molecule has 1 aromatic heterocycles. The van der Waals surface area contributed by atoms with Crippen molar-refractivity contribution in [1.82, 2.24) is 5.32 Å². The van der Waals surface area contributed by atoms with Crippen LogP contribution in [-0.4, -0.2) is 29.4 Å². The monoisotopic (exact) mass is 307 g/mol. The molecule has 0 fully saturated rings. The van der Waals surface area contributed by atoms with Gasteiger partial charge in [0.15, 0.2) is 5.76 Å². The lowest BCUT2D eigenvalue weighted by Crippen LogP contribution is -2.38. The second-order valence-corrected chi connectivity index (χ2v) is 5.80. The van der Waals surface area contributed by atoms with Crippen LogP contribution >= 0.6 is 11.8 Å². The predicted octanol–water partition coefficient (Wildman–Crippen LogP) is 2.87. The third kappa shape index (κ3) is 5.92. The minimum atomic E-state index is -2.47. The zero-order chi connectivity index (χ0) is 15.1. The van der Waals surface area contributed by atoms with Gasteiger partial charge in [-0.05, 0) is 24.5 Å². The summed E-state index contributed by atoms with van der Waals surface area (Å²) < 4.78 is 29.3. The predicted molar refractivity (Wildman–Crippen MR) is 73.8 cm³/mol. The first-order valence-corrected chi connectivity index (χ1v) is 7.37. The van der Waals surface area contributed by atoms with Crippen molar-refractivity contribution >= 4 is 17.7 Å². The van der Waals surface area contributed by atoms with E-state index in [0.29, 0.717) is 29.9 Å². The molecular weight excluding hydrogens is 288 g/mol. The van der Waals surface area contributed by atoms with E-state index in [0.717, 1.165) is 0 Å². The molecule has 20 heavy (non-hydrogen) atoms. The van der Waals surface area contributed by atoms with Crippen molar-refractivity contribution in [2.24, 2.45) is 5.92 Å². The van der Waals surface area contributed by atoms with Gasteiger partial charge < -0.3 is 14.8 Å². The molecule has 114 valence electrons. The van der Waals surface area contributed by atoms with Crippen LogP contribution in [0.3, 0.4) is 0 Å². The molecule has 0 saturated heterocycles. The Morgan fingerprint density at radius 3 is 2.70 bits per heavy atom. The number of carbonyl (C=O) groups is 1. The molecule has 0 saturated carbocycles. The lowest BCUT2D eigenvalue weighted by atomic mass is 10.0. The largest absolute Gasteiger partial charge is 0.455 e. The fourth-order valence-electron chi connectivity index (χ4n) is 1.73. The molecule has 0 aromatic carbocycles. The normalized spacial score (nSPS) is 12.9. The standard InChI is InChI=1S/C13H19F2NO3S/c1-8(2)5-9(6-17)16-12(18)11-4-3-10(19-11)7-20-13(14)15/h3-4,8-9,13,17H,5-7H2,1-2H3,(H,16,18). The summed E-state index contributed by atoms with van der Waals surface area (Å²) in [5, 5.41) is 11.8. The Bertz CT molecular complexity index is 424. The van der Waals surface area contributed by atoms with Gasteiger partial charge in [-0.1, -0.05) is 25.6 Å². The van der Waals surface area contributed by atoms with Crippen molar-refractivity contribution < 1.29 is 23.1 Å². The van der Waals surface area contributed by atoms with Gasteiger partial charge in [-0.2, -0.15) is 8.78 Å². The molecule has 0 aliphatic carbocycles. The highest BCUT2D eigenvalue weighted by Crippen LogP contribution is 2.21. The van der Waals surface area contributed by atoms with Crippen LogP contribution in [0.15, 0.2) is 16.5 Å². The van der Waals surface area contributed by atoms with Crippen molar-refractivity contribution in [2.75, 3.05) is 6.61 Å². The molecule has 7 heteroatoms. The summed E-state index contributed by atoms with van der Waals surface area (Å²) in [6, 6.07) is 2.60. The van der Waals surface area contributed by atoms with Crippen LogP contribution in [-0.2, 0) is 5.75 Å². The zero-order valence-corrected chi connectivity index (χ0v) is 12.3. The fourth-order valence-corrected chi connectivity index (χ4v) is 2.17. The summed E-state index contributed by atoms with van der Waals surface area (Å²) in [5.74, 6) is -2.18. The summed E-state index contributed by atoms with van der Waals surface area (Å²) >= 11 is 0.437. The lowest BCUT2D eigenvalue weighted by Gasteiger charge is -2.17. The Morgan fingerprint density at radius 1 is 1.45 bits per heavy atom. The van der Waals surface area contributed by atoms with Gasteiger partial charge in [0, 0.05) is 0 Å². The van der Waals surface area contributed by atoms with Gasteiger partial charge in [-0.15, -0.1) is 0 Å². The van der Waals surface area contributed by atoms with E-state index < -0.39 is 11.7 Å². The maximum Gasteiger partial charge on any atom is 0.287 e. The number of hydrogen-bond acceptors (Lipinski definition) is 4. The number of halogens is 2. The second-order valence-electron chi connectivity index (χ2n) is 4.82. The Balaban J connectivity index is 2.54. The van der Waals surface area contributed by atoms with Crippen molar-refractivity contribution in [2.45, 2.75) is 37.8 Å². The molecule has 2 N–H and O–H groups in total. The second kappa shape index (κ2) is 8.26. The van der Waals surface area contributed by atoms with E-state index in [1.165, 1.54) is 12.1 Å². The number of alkyl halides is 2. The smallest absolute Gasteiger partial charge is 0.287 e. The number of thioether (sulfide) groups is 1. The molecule has 1 unspecified atom stereocenters. The number of aliphatic hydroxyl groups is 1. The number of hydrogen-bond donors (Lipinski definition) is 2. The molecule has 1 rings (SSSR count). The van der Waals surface area contributed by atoms with Gasteiger partial charge in [0.1, 0.15) is 5.76 Å². The average molecular weight is 307 g/mol. The molecule has 0 radical (unpaired) electrons. The first-order chi connectivity index (χ1) is 9.42. The number of carbonyl (C=O) groups excluding carboxylic acids is 1. The minimum absolute atomic E-state index is 0.0143. The van der Waals surface area contributed by atoms with Crippen LogP contribution in [0, 0.1) is 5.92 Å². The maximum atomic E-state index is 12.0. The number of rotatable bonds is 8. The van der Waals surface area contributed by atoms with E-state index in [4.69, 9.17) is 4.42 Å². The van der Waals surface area contributed by atoms with Crippen molar-refractivity contribution in [1.29, 1.82) is 0 Å². The first kappa shape index (κ1) is 17.0. The van der Waals surface area contributed by atoms with E-state index in [2.05, 4.69) is 5.32 Å². The summed E-state index contributed by atoms with van der Waals surface area (Å²) in [6.07, 6.45) is 0.650. The topological polar surface area (TPSA) is 62.5 Å². The van der Waals surface area contributed by atoms with E-state index >= 15 is 0 Å². The van der Waals surface area contributed by atoms with E-state index in [1.54, 1.807) is 0 Å². The molecule has 1 atom stereocenters. The molecule has 0 bridgehead atoms. The first-order valence-electron chi connectivity index (χ1n) is 6.32. The minimum Gasteiger partial charge on any atom is -0.455 e. The number of aliphatic hydroxyl groups excluding tert-OH is 1. The average Bonchev–Trinajstić information content (AvgIpc) is 2.83. The van der Waals surface area contributed by atoms with Crippen LogP contribution in [0.5, 0.6) is 0 Å². The SMILES string of the molecule is CC(C)CC(CO)NC(=O)c1ccc(CSC(F)F)o1. The van der Waals surface area contributed by atoms with E-state index in [1.807, 2.05) is 13.8 Å². The number of amides is 1. The Labute approximate surface area is 120 Å². The summed E-state index contributed by atoms with van der Waals surface area (Å²) in [7, 11) is 0. The van der Waals surface area contributed by atoms with Crippen LogP contribution in [0.2, 0.25) is 0 Å². The molecule has 1 aromatic rings. The molecule has 4 nitrogen and oxygen atoms in total. The molecule has 1 heterocycles. The Hall–Kier alpha value is -1.08. The molecule has 0 spiro atoms. The summed E-state index contributed by atoms with van der Waals surface area (Å²) in [4.78, 5) is 11.9. The van der Waals surface area contributed by atoms with Gasteiger partial charge in [0.25, 0.3) is 11.7 Å². The molecule has 0 aliphatic heterocycles. The molecule has 0 aliphatic rings. The summed E-state index contributed by atoms with van der Waals surface area (Å²) in [5.41, 5.74) is 0. The van der Waals surface area contributed by atoms with Crippen LogP contribution < -0.4 is 5.32 Å². The zero-order valence-electron chi connectivity index (χ0n) is 11.4. The van der Waals surface area contributed by atoms with Gasteiger partial charge in [0.05, 0.1) is 18.4 Å². The van der Waals surface area contributed by atoms with E-state index in [9.17, 15) is 18.7 Å². The highest BCUT2D eigenvalue weighted by atomic mass is 32.2. The number of furan rings is 1. The van der Waals surface area contributed by atoms with E-state index in [-0.39, 0.29) is 24.2 Å². The molecule has 1 amide bonds. The lowest BCUT2D eigenvalue weighted by molar-refractivity contribution is 0.0879.